The van der Waals surface area contributed by atoms with Gasteiger partial charge in [0, 0.05) is 6.42 Å². The van der Waals surface area contributed by atoms with Crippen LogP contribution in [-0.2, 0) is 14.3 Å². The summed E-state index contributed by atoms with van der Waals surface area (Å²) in [6.07, 6.45) is 5.14. The Morgan fingerprint density at radius 3 is 2.59 bits per heavy atom. The summed E-state index contributed by atoms with van der Waals surface area (Å²) in [6, 6.07) is 7.03. The summed E-state index contributed by atoms with van der Waals surface area (Å²) in [5.41, 5.74) is 0.728. The monoisotopic (exact) mass is 399 g/mol. The zero-order valence-corrected chi connectivity index (χ0v) is 16.5. The van der Waals surface area contributed by atoms with Crippen LogP contribution in [0.3, 0.4) is 0 Å². The van der Waals surface area contributed by atoms with Crippen molar-refractivity contribution in [1.29, 1.82) is 0 Å². The minimum absolute atomic E-state index is 0.0764. The first-order valence-corrected chi connectivity index (χ1v) is 10.0. The van der Waals surface area contributed by atoms with E-state index < -0.39 is 0 Å². The van der Waals surface area contributed by atoms with Gasteiger partial charge in [0.2, 0.25) is 0 Å². The van der Waals surface area contributed by atoms with Crippen LogP contribution in [0.4, 0.5) is 0 Å². The van der Waals surface area contributed by atoms with Crippen molar-refractivity contribution in [2.45, 2.75) is 32.2 Å². The van der Waals surface area contributed by atoms with Gasteiger partial charge in [-0.3, -0.25) is 14.5 Å². The molecule has 0 aliphatic carbocycles. The normalized spacial score (nSPS) is 20.7. The highest BCUT2D eigenvalue weighted by Gasteiger charge is 2.37. The molecule has 0 radical (unpaired) electrons. The van der Waals surface area contributed by atoms with E-state index in [1.165, 1.54) is 5.01 Å². The van der Waals surface area contributed by atoms with Crippen molar-refractivity contribution in [3.8, 4) is 0 Å². The summed E-state index contributed by atoms with van der Waals surface area (Å²) >= 11 is 0. The van der Waals surface area contributed by atoms with Gasteiger partial charge in [0.25, 0.3) is 5.91 Å². The summed E-state index contributed by atoms with van der Waals surface area (Å²) in [4.78, 5) is 27.0. The van der Waals surface area contributed by atoms with Crippen LogP contribution in [0.5, 0.6) is 0 Å². The third kappa shape index (κ3) is 4.27. The number of hydrazone groups is 1. The van der Waals surface area contributed by atoms with Gasteiger partial charge in [-0.05, 0) is 57.1 Å². The molecule has 8 nitrogen and oxygen atoms in total. The second-order valence-corrected chi connectivity index (χ2v) is 7.30. The molecule has 154 valence electrons. The number of ether oxygens (including phenoxy) is 1. The van der Waals surface area contributed by atoms with E-state index in [9.17, 15) is 9.59 Å². The summed E-state index contributed by atoms with van der Waals surface area (Å²) in [5.74, 6) is 1.05. The highest BCUT2D eigenvalue weighted by molar-refractivity contribution is 6.01. The maximum absolute atomic E-state index is 13.1. The average molecular weight is 399 g/mol. The Labute approximate surface area is 169 Å². The van der Waals surface area contributed by atoms with E-state index in [0.717, 1.165) is 5.71 Å². The van der Waals surface area contributed by atoms with E-state index in [1.54, 1.807) is 18.6 Å². The van der Waals surface area contributed by atoms with E-state index in [2.05, 4.69) is 10.0 Å². The number of rotatable bonds is 6. The van der Waals surface area contributed by atoms with Crippen LogP contribution in [0.1, 0.15) is 43.7 Å². The molecule has 0 aromatic carbocycles. The summed E-state index contributed by atoms with van der Waals surface area (Å²) in [7, 11) is 0. The van der Waals surface area contributed by atoms with Gasteiger partial charge in [0.15, 0.2) is 0 Å². The van der Waals surface area contributed by atoms with Crippen LogP contribution in [0.15, 0.2) is 50.7 Å². The topological polar surface area (TPSA) is 88.5 Å². The number of hydrogen-bond donors (Lipinski definition) is 0. The fraction of sp³-hybridized carbons (Fsp3) is 0.476. The number of nitrogens with zero attached hydrogens (tertiary/aromatic N) is 3. The number of carbonyl (C=O) groups is 2. The van der Waals surface area contributed by atoms with Gasteiger partial charge in [0.1, 0.15) is 23.3 Å². The lowest BCUT2D eigenvalue weighted by molar-refractivity contribution is -0.149. The number of likely N-dealkylation sites (tertiary alicyclic amines) is 1. The molecule has 2 aromatic heterocycles. The van der Waals surface area contributed by atoms with E-state index >= 15 is 0 Å². The molecular formula is C21H25N3O5. The molecule has 1 amide bonds. The average Bonchev–Trinajstić information content (AvgIpc) is 3.49. The Morgan fingerprint density at radius 1 is 1.17 bits per heavy atom. The molecule has 1 fully saturated rings. The van der Waals surface area contributed by atoms with Crippen LogP contribution in [0.25, 0.3) is 0 Å². The Hall–Kier alpha value is -2.87. The lowest BCUT2D eigenvalue weighted by Crippen LogP contribution is -2.43. The molecule has 2 aliphatic rings. The van der Waals surface area contributed by atoms with Crippen molar-refractivity contribution in [2.75, 3.05) is 26.2 Å². The zero-order valence-electron chi connectivity index (χ0n) is 16.5. The molecule has 2 aliphatic heterocycles. The first-order valence-electron chi connectivity index (χ1n) is 10.0. The van der Waals surface area contributed by atoms with Crippen molar-refractivity contribution in [2.24, 2.45) is 11.0 Å². The Balaban J connectivity index is 1.41. The fourth-order valence-electron chi connectivity index (χ4n) is 3.89. The molecule has 0 spiro atoms. The molecule has 8 heteroatoms. The SMILES string of the molecule is CCOC(=O)C1CCN(CC(=O)N2N=C(c3ccco3)CC2c2ccco2)CC1. The highest BCUT2D eigenvalue weighted by atomic mass is 16.5. The van der Waals surface area contributed by atoms with Crippen LogP contribution >= 0.6 is 0 Å². The number of hydrogen-bond acceptors (Lipinski definition) is 7. The van der Waals surface area contributed by atoms with E-state index in [4.69, 9.17) is 13.6 Å². The molecule has 1 unspecified atom stereocenters. The highest BCUT2D eigenvalue weighted by Crippen LogP contribution is 2.33. The Bertz CT molecular complexity index is 851. The Morgan fingerprint density at radius 2 is 1.93 bits per heavy atom. The van der Waals surface area contributed by atoms with Crippen molar-refractivity contribution < 1.29 is 23.2 Å². The molecule has 1 saturated heterocycles. The molecular weight excluding hydrogens is 374 g/mol. The maximum Gasteiger partial charge on any atom is 0.309 e. The molecule has 0 N–H and O–H groups in total. The molecule has 4 rings (SSSR count). The van der Waals surface area contributed by atoms with Gasteiger partial charge in [-0.1, -0.05) is 0 Å². The summed E-state index contributed by atoms with van der Waals surface area (Å²) in [5, 5.41) is 6.05. The summed E-state index contributed by atoms with van der Waals surface area (Å²) < 4.78 is 16.1. The van der Waals surface area contributed by atoms with E-state index in [0.29, 0.717) is 50.5 Å². The molecule has 4 heterocycles. The van der Waals surface area contributed by atoms with Gasteiger partial charge in [0.05, 0.1) is 31.6 Å². The van der Waals surface area contributed by atoms with Crippen molar-refractivity contribution in [1.82, 2.24) is 9.91 Å². The second kappa shape index (κ2) is 8.65. The predicted octanol–water partition coefficient (Wildman–Crippen LogP) is 2.83. The quantitative estimate of drug-likeness (QED) is 0.694. The van der Waals surface area contributed by atoms with Gasteiger partial charge in [-0.25, -0.2) is 5.01 Å². The Kier molecular flexibility index (Phi) is 5.80. The van der Waals surface area contributed by atoms with Crippen molar-refractivity contribution >= 4 is 17.6 Å². The molecule has 0 bridgehead atoms. The standard InChI is InChI=1S/C21H25N3O5/c1-2-27-21(26)15-7-9-23(10-8-15)14-20(25)24-17(19-6-4-12-29-19)13-16(22-24)18-5-3-11-28-18/h3-6,11-12,15,17H,2,7-10,13-14H2,1H3. The zero-order chi connectivity index (χ0) is 20.2. The molecule has 29 heavy (non-hydrogen) atoms. The third-order valence-electron chi connectivity index (χ3n) is 5.41. The van der Waals surface area contributed by atoms with Gasteiger partial charge >= 0.3 is 5.97 Å². The largest absolute Gasteiger partial charge is 0.467 e. The first-order chi connectivity index (χ1) is 14.2. The van der Waals surface area contributed by atoms with E-state index in [-0.39, 0.29) is 30.4 Å². The van der Waals surface area contributed by atoms with Crippen LogP contribution < -0.4 is 0 Å². The number of furan rings is 2. The lowest BCUT2D eigenvalue weighted by atomic mass is 9.97. The van der Waals surface area contributed by atoms with Gasteiger partial charge in [-0.15, -0.1) is 0 Å². The van der Waals surface area contributed by atoms with E-state index in [1.807, 2.05) is 25.1 Å². The number of carbonyl (C=O) groups excluding carboxylic acids is 2. The summed E-state index contributed by atoms with van der Waals surface area (Å²) in [6.45, 7) is 3.83. The van der Waals surface area contributed by atoms with Gasteiger partial charge < -0.3 is 13.6 Å². The van der Waals surface area contributed by atoms with Crippen molar-refractivity contribution in [3.63, 3.8) is 0 Å². The number of piperidine rings is 1. The lowest BCUT2D eigenvalue weighted by Gasteiger charge is -2.31. The minimum atomic E-state index is -0.283. The van der Waals surface area contributed by atoms with Crippen LogP contribution in [0, 0.1) is 5.92 Å². The smallest absolute Gasteiger partial charge is 0.309 e. The maximum atomic E-state index is 13.1. The minimum Gasteiger partial charge on any atom is -0.467 e. The second-order valence-electron chi connectivity index (χ2n) is 7.30. The van der Waals surface area contributed by atoms with Crippen LogP contribution in [0.2, 0.25) is 0 Å². The van der Waals surface area contributed by atoms with Crippen LogP contribution in [-0.4, -0.2) is 53.7 Å². The first kappa shape index (κ1) is 19.4. The molecule has 2 aromatic rings. The fourth-order valence-corrected chi connectivity index (χ4v) is 3.89. The molecule has 1 atom stereocenters. The number of amides is 1. The predicted molar refractivity (Wildman–Crippen MR) is 104 cm³/mol. The molecule has 0 saturated carbocycles. The third-order valence-corrected chi connectivity index (χ3v) is 5.41. The van der Waals surface area contributed by atoms with Gasteiger partial charge in [-0.2, -0.15) is 5.10 Å². The van der Waals surface area contributed by atoms with Crippen molar-refractivity contribution in [3.05, 3.63) is 48.3 Å². The number of esters is 1.